The largest absolute Gasteiger partial charge is 0.342 e. The Balaban J connectivity index is 0.00000441. The van der Waals surface area contributed by atoms with Gasteiger partial charge in [0, 0.05) is 25.3 Å². The van der Waals surface area contributed by atoms with E-state index in [-0.39, 0.29) is 35.9 Å². The summed E-state index contributed by atoms with van der Waals surface area (Å²) in [7, 11) is -1.34. The molecule has 1 aliphatic heterocycles. The maximum atomic E-state index is 12.3. The van der Waals surface area contributed by atoms with Crippen LogP contribution in [0.25, 0.3) is 0 Å². The van der Waals surface area contributed by atoms with Crippen molar-refractivity contribution >= 4 is 28.2 Å². The minimum absolute atomic E-state index is 0. The third-order valence-electron chi connectivity index (χ3n) is 4.63. The molecule has 1 saturated heterocycles. The predicted molar refractivity (Wildman–Crippen MR) is 93.2 cm³/mol. The smallest absolute Gasteiger partial charge is 0.222 e. The second kappa shape index (κ2) is 9.73. The van der Waals surface area contributed by atoms with Crippen molar-refractivity contribution in [3.63, 3.8) is 0 Å². The van der Waals surface area contributed by atoms with Crippen LogP contribution in [0.15, 0.2) is 0 Å². The first-order valence-electron chi connectivity index (χ1n) is 7.93. The van der Waals surface area contributed by atoms with E-state index in [0.717, 1.165) is 13.1 Å². The summed E-state index contributed by atoms with van der Waals surface area (Å²) in [6.45, 7) is 7.62. The van der Waals surface area contributed by atoms with Gasteiger partial charge in [-0.05, 0) is 44.7 Å². The molecule has 1 N–H and O–H groups in total. The molecule has 0 aromatic carbocycles. The Morgan fingerprint density at radius 2 is 2.00 bits per heavy atom. The van der Waals surface area contributed by atoms with Crippen LogP contribution >= 0.6 is 12.4 Å². The molecule has 0 spiro atoms. The van der Waals surface area contributed by atoms with E-state index in [1.54, 1.807) is 25.8 Å². The molecule has 0 saturated carbocycles. The summed E-state index contributed by atoms with van der Waals surface area (Å²) in [5.74, 6) is 1.11. The summed E-state index contributed by atoms with van der Waals surface area (Å²) >= 11 is 0. The minimum Gasteiger partial charge on any atom is -0.342 e. The zero-order valence-electron chi connectivity index (χ0n) is 14.2. The highest BCUT2D eigenvalue weighted by Crippen LogP contribution is 2.23. The average molecular weight is 355 g/mol. The number of piperidine rings is 1. The number of carbonyl (C=O) groups excluding carboxylic acids is 1. The zero-order chi connectivity index (χ0) is 16.0. The molecule has 22 heavy (non-hydrogen) atoms. The summed E-state index contributed by atoms with van der Waals surface area (Å²) < 4.78 is 23.3. The number of nitrogens with one attached hydrogen (secondary N) is 1. The van der Waals surface area contributed by atoms with Crippen LogP contribution in [-0.4, -0.2) is 56.9 Å². The lowest BCUT2D eigenvalue weighted by Crippen LogP contribution is -2.41. The Hall–Kier alpha value is -0.330. The van der Waals surface area contributed by atoms with Gasteiger partial charge in [0.1, 0.15) is 0 Å². The van der Waals surface area contributed by atoms with Gasteiger partial charge in [-0.15, -0.1) is 12.4 Å². The quantitative estimate of drug-likeness (QED) is 0.755. The maximum absolute atomic E-state index is 12.3. The summed E-state index contributed by atoms with van der Waals surface area (Å²) in [5.41, 5.74) is 0. The molecule has 1 heterocycles. The van der Waals surface area contributed by atoms with Crippen LogP contribution in [0, 0.1) is 11.8 Å². The van der Waals surface area contributed by atoms with E-state index < -0.39 is 9.84 Å². The van der Waals surface area contributed by atoms with E-state index in [9.17, 15) is 13.2 Å². The van der Waals surface area contributed by atoms with E-state index in [0.29, 0.717) is 18.3 Å². The Morgan fingerprint density at radius 1 is 1.36 bits per heavy atom. The number of hydrogen-bond acceptors (Lipinski definition) is 4. The van der Waals surface area contributed by atoms with Crippen molar-refractivity contribution in [1.82, 2.24) is 10.2 Å². The van der Waals surface area contributed by atoms with Crippen molar-refractivity contribution in [2.24, 2.45) is 11.8 Å². The van der Waals surface area contributed by atoms with Crippen LogP contribution in [0.5, 0.6) is 0 Å². The van der Waals surface area contributed by atoms with Gasteiger partial charge < -0.3 is 10.2 Å². The van der Waals surface area contributed by atoms with Crippen LogP contribution in [0.4, 0.5) is 0 Å². The van der Waals surface area contributed by atoms with Gasteiger partial charge in [-0.25, -0.2) is 8.42 Å². The Kier molecular flexibility index (Phi) is 9.58. The highest BCUT2D eigenvalue weighted by atomic mass is 35.5. The number of carbonyl (C=O) groups is 1. The molecule has 132 valence electrons. The van der Waals surface area contributed by atoms with Crippen molar-refractivity contribution in [1.29, 1.82) is 0 Å². The molecule has 3 unspecified atom stereocenters. The Labute approximate surface area is 141 Å². The lowest BCUT2D eigenvalue weighted by Gasteiger charge is -2.31. The summed E-state index contributed by atoms with van der Waals surface area (Å²) in [4.78, 5) is 13.9. The van der Waals surface area contributed by atoms with Gasteiger partial charge >= 0.3 is 0 Å². The second-order valence-electron chi connectivity index (χ2n) is 6.34. The number of sulfone groups is 1. The number of nitrogens with zero attached hydrogens (tertiary/aromatic N) is 1. The van der Waals surface area contributed by atoms with Crippen molar-refractivity contribution in [2.45, 2.75) is 46.1 Å². The fourth-order valence-corrected chi connectivity index (χ4v) is 3.99. The molecule has 0 bridgehead atoms. The van der Waals surface area contributed by atoms with Crippen molar-refractivity contribution in [3.05, 3.63) is 0 Å². The average Bonchev–Trinajstić information content (AvgIpc) is 2.46. The molecule has 7 heteroatoms. The van der Waals surface area contributed by atoms with Gasteiger partial charge in [-0.3, -0.25) is 4.79 Å². The molecule has 1 rings (SSSR count). The molecule has 0 radical (unpaired) electrons. The third kappa shape index (κ3) is 6.84. The van der Waals surface area contributed by atoms with Gasteiger partial charge in [0.2, 0.25) is 5.91 Å². The van der Waals surface area contributed by atoms with Gasteiger partial charge in [-0.1, -0.05) is 13.8 Å². The van der Waals surface area contributed by atoms with E-state index in [1.807, 2.05) is 0 Å². The molecule has 0 aliphatic carbocycles. The van der Waals surface area contributed by atoms with Crippen molar-refractivity contribution < 1.29 is 13.2 Å². The second-order valence-corrected chi connectivity index (χ2v) is 8.74. The van der Waals surface area contributed by atoms with E-state index in [1.165, 1.54) is 12.8 Å². The number of halogens is 1. The highest BCUT2D eigenvalue weighted by Gasteiger charge is 2.26. The predicted octanol–water partition coefficient (Wildman–Crippen LogP) is 1.72. The standard InChI is InChI=1S/C15H30N2O3S.ClH/c1-5-21(19,20)11-13(3)17(4)15(18)9-12(2)14-7-6-8-16-10-14;/h12-14,16H,5-11H2,1-4H3;1H. The van der Waals surface area contributed by atoms with Gasteiger partial charge in [0.25, 0.3) is 0 Å². The molecule has 0 aromatic rings. The monoisotopic (exact) mass is 354 g/mol. The van der Waals surface area contributed by atoms with Crippen LogP contribution in [-0.2, 0) is 14.6 Å². The highest BCUT2D eigenvalue weighted by molar-refractivity contribution is 7.91. The molecular formula is C15H31ClN2O3S. The third-order valence-corrected chi connectivity index (χ3v) is 6.50. The summed E-state index contributed by atoms with van der Waals surface area (Å²) in [6, 6.07) is -0.265. The van der Waals surface area contributed by atoms with Crippen LogP contribution in [0.1, 0.15) is 40.0 Å². The molecular weight excluding hydrogens is 324 g/mol. The van der Waals surface area contributed by atoms with Crippen LogP contribution in [0.2, 0.25) is 0 Å². The molecule has 0 aromatic heterocycles. The first-order chi connectivity index (χ1) is 9.76. The normalized spacial score (nSPS) is 21.5. The van der Waals surface area contributed by atoms with E-state index in [4.69, 9.17) is 0 Å². The summed E-state index contributed by atoms with van der Waals surface area (Å²) in [5, 5.41) is 3.38. The first kappa shape index (κ1) is 21.7. The van der Waals surface area contributed by atoms with Crippen LogP contribution in [0.3, 0.4) is 0 Å². The minimum atomic E-state index is -3.05. The van der Waals surface area contributed by atoms with Gasteiger partial charge in [0.05, 0.1) is 5.75 Å². The molecule has 5 nitrogen and oxygen atoms in total. The van der Waals surface area contributed by atoms with Crippen molar-refractivity contribution in [3.8, 4) is 0 Å². The molecule has 3 atom stereocenters. The van der Waals surface area contributed by atoms with E-state index >= 15 is 0 Å². The zero-order valence-corrected chi connectivity index (χ0v) is 15.8. The van der Waals surface area contributed by atoms with E-state index in [2.05, 4.69) is 12.2 Å². The van der Waals surface area contributed by atoms with Gasteiger partial charge in [0.15, 0.2) is 9.84 Å². The number of rotatable bonds is 7. The van der Waals surface area contributed by atoms with Crippen LogP contribution < -0.4 is 5.32 Å². The lowest BCUT2D eigenvalue weighted by molar-refractivity contribution is -0.132. The fraction of sp³-hybridized carbons (Fsp3) is 0.933. The molecule has 1 fully saturated rings. The topological polar surface area (TPSA) is 66.5 Å². The molecule has 1 amide bonds. The summed E-state index contributed by atoms with van der Waals surface area (Å²) in [6.07, 6.45) is 2.84. The molecule has 1 aliphatic rings. The first-order valence-corrected chi connectivity index (χ1v) is 9.75. The maximum Gasteiger partial charge on any atom is 0.222 e. The Morgan fingerprint density at radius 3 is 2.50 bits per heavy atom. The lowest BCUT2D eigenvalue weighted by atomic mass is 9.85. The van der Waals surface area contributed by atoms with Gasteiger partial charge in [-0.2, -0.15) is 0 Å². The fourth-order valence-electron chi connectivity index (χ4n) is 2.79. The number of amides is 1. The Bertz CT molecular complexity index is 436. The number of hydrogen-bond donors (Lipinski definition) is 1. The SMILES string of the molecule is CCS(=O)(=O)CC(C)N(C)C(=O)CC(C)C1CCCNC1.Cl. The van der Waals surface area contributed by atoms with Crippen molar-refractivity contribution in [2.75, 3.05) is 31.6 Å².